The molecule has 96 valence electrons. The first kappa shape index (κ1) is 15.4. The van der Waals surface area contributed by atoms with Gasteiger partial charge in [0.1, 0.15) is 6.04 Å². The largest absolute Gasteiger partial charge is 0.480 e. The van der Waals surface area contributed by atoms with Crippen molar-refractivity contribution in [1.29, 1.82) is 0 Å². The molecule has 0 aromatic heterocycles. The second-order valence-corrected chi connectivity index (χ2v) is 3.57. The third-order valence-electron chi connectivity index (χ3n) is 2.11. The molecule has 0 radical (unpaired) electrons. The predicted octanol–water partition coefficient (Wildman–Crippen LogP) is 0.817. The van der Waals surface area contributed by atoms with Gasteiger partial charge in [0.25, 0.3) is 0 Å². The molecule has 4 N–H and O–H groups in total. The lowest BCUT2D eigenvalue weighted by molar-refractivity contribution is -0.141. The molecule has 0 rings (SSSR count). The molecule has 0 fully saturated rings. The highest BCUT2D eigenvalue weighted by atomic mass is 16.4. The van der Waals surface area contributed by atoms with Crippen LogP contribution in [0.3, 0.4) is 0 Å². The van der Waals surface area contributed by atoms with Gasteiger partial charge < -0.3 is 16.2 Å². The van der Waals surface area contributed by atoms with Crippen LogP contribution in [0.1, 0.15) is 26.2 Å². The molecule has 0 saturated heterocycles. The van der Waals surface area contributed by atoms with Crippen LogP contribution < -0.4 is 11.1 Å². The van der Waals surface area contributed by atoms with Crippen LogP contribution in [0.15, 0.2) is 24.3 Å². The van der Waals surface area contributed by atoms with Crippen LogP contribution in [0.25, 0.3) is 0 Å². The van der Waals surface area contributed by atoms with Crippen molar-refractivity contribution in [1.82, 2.24) is 5.32 Å². The molecule has 0 aromatic rings. The van der Waals surface area contributed by atoms with E-state index in [4.69, 9.17) is 10.8 Å². The number of carbonyl (C=O) groups is 2. The van der Waals surface area contributed by atoms with Crippen molar-refractivity contribution in [3.63, 3.8) is 0 Å². The zero-order chi connectivity index (χ0) is 13.1. The topological polar surface area (TPSA) is 92.4 Å². The van der Waals surface area contributed by atoms with Gasteiger partial charge in [0.2, 0.25) is 5.91 Å². The summed E-state index contributed by atoms with van der Waals surface area (Å²) in [6.07, 6.45) is 8.19. The number of rotatable bonds is 8. The number of amides is 1. The molecule has 17 heavy (non-hydrogen) atoms. The first-order valence-corrected chi connectivity index (χ1v) is 5.64. The van der Waals surface area contributed by atoms with E-state index in [1.165, 1.54) is 6.08 Å². The van der Waals surface area contributed by atoms with Gasteiger partial charge in [0.05, 0.1) is 0 Å². The molecule has 1 amide bonds. The van der Waals surface area contributed by atoms with E-state index in [1.807, 2.05) is 6.92 Å². The first-order chi connectivity index (χ1) is 8.11. The summed E-state index contributed by atoms with van der Waals surface area (Å²) < 4.78 is 0. The zero-order valence-corrected chi connectivity index (χ0v) is 10.1. The summed E-state index contributed by atoms with van der Waals surface area (Å²) >= 11 is 0. The van der Waals surface area contributed by atoms with Crippen LogP contribution in [0.5, 0.6) is 0 Å². The highest BCUT2D eigenvalue weighted by Crippen LogP contribution is 2.00. The van der Waals surface area contributed by atoms with Crippen LogP contribution in [-0.4, -0.2) is 29.6 Å². The number of hydrogen-bond acceptors (Lipinski definition) is 3. The van der Waals surface area contributed by atoms with Crippen molar-refractivity contribution in [2.24, 2.45) is 5.73 Å². The standard InChI is InChI=1S/C12H20N2O3/c1-2-3-4-8-11(15)14-10(12(16)17)7-5-6-9-13/h2-4,8,10H,5-7,9,13H2,1H3,(H,14,15)(H,16,17)/b3-2+,8-4+. The molecule has 0 bridgehead atoms. The monoisotopic (exact) mass is 240 g/mol. The molecule has 5 nitrogen and oxygen atoms in total. The minimum Gasteiger partial charge on any atom is -0.480 e. The maximum absolute atomic E-state index is 11.3. The van der Waals surface area contributed by atoms with E-state index in [0.717, 1.165) is 6.42 Å². The van der Waals surface area contributed by atoms with Crippen LogP contribution in [0, 0.1) is 0 Å². The number of nitrogens with two attached hydrogens (primary N) is 1. The van der Waals surface area contributed by atoms with Gasteiger partial charge in [-0.15, -0.1) is 0 Å². The highest BCUT2D eigenvalue weighted by molar-refractivity contribution is 5.91. The normalized spacial score (nSPS) is 13.1. The molecule has 5 heteroatoms. The zero-order valence-electron chi connectivity index (χ0n) is 10.1. The van der Waals surface area contributed by atoms with Crippen molar-refractivity contribution in [3.05, 3.63) is 24.3 Å². The Kier molecular flexibility index (Phi) is 8.68. The second kappa shape index (κ2) is 9.59. The fourth-order valence-electron chi connectivity index (χ4n) is 1.22. The summed E-state index contributed by atoms with van der Waals surface area (Å²) in [4.78, 5) is 22.2. The Balaban J connectivity index is 4.15. The Labute approximate surface area is 101 Å². The van der Waals surface area contributed by atoms with Gasteiger partial charge in [0.15, 0.2) is 0 Å². The molecule has 0 aromatic carbocycles. The Morgan fingerprint density at radius 3 is 2.59 bits per heavy atom. The van der Waals surface area contributed by atoms with E-state index in [0.29, 0.717) is 19.4 Å². The highest BCUT2D eigenvalue weighted by Gasteiger charge is 2.17. The molecule has 1 unspecified atom stereocenters. The van der Waals surface area contributed by atoms with Gasteiger partial charge in [-0.2, -0.15) is 0 Å². The number of allylic oxidation sites excluding steroid dienone is 3. The van der Waals surface area contributed by atoms with Gasteiger partial charge in [-0.1, -0.05) is 18.2 Å². The lowest BCUT2D eigenvalue weighted by Gasteiger charge is -2.12. The minimum atomic E-state index is -1.02. The van der Waals surface area contributed by atoms with Gasteiger partial charge >= 0.3 is 5.97 Å². The van der Waals surface area contributed by atoms with E-state index in [-0.39, 0.29) is 0 Å². The first-order valence-electron chi connectivity index (χ1n) is 5.64. The summed E-state index contributed by atoms with van der Waals surface area (Å²) in [7, 11) is 0. The molecule has 0 spiro atoms. The van der Waals surface area contributed by atoms with E-state index in [9.17, 15) is 9.59 Å². The molecule has 1 atom stereocenters. The molecular formula is C12H20N2O3. The smallest absolute Gasteiger partial charge is 0.326 e. The molecular weight excluding hydrogens is 220 g/mol. The number of nitrogens with one attached hydrogen (secondary N) is 1. The van der Waals surface area contributed by atoms with Crippen LogP contribution in [-0.2, 0) is 9.59 Å². The average molecular weight is 240 g/mol. The Hall–Kier alpha value is -1.62. The van der Waals surface area contributed by atoms with Crippen molar-refractivity contribution in [3.8, 4) is 0 Å². The van der Waals surface area contributed by atoms with Crippen molar-refractivity contribution in [2.75, 3.05) is 6.54 Å². The number of unbranched alkanes of at least 4 members (excludes halogenated alkanes) is 1. The van der Waals surface area contributed by atoms with E-state index >= 15 is 0 Å². The van der Waals surface area contributed by atoms with Gasteiger partial charge in [-0.05, 0) is 32.7 Å². The molecule has 0 heterocycles. The van der Waals surface area contributed by atoms with Crippen molar-refractivity contribution in [2.45, 2.75) is 32.2 Å². The summed E-state index contributed by atoms with van der Waals surface area (Å²) in [5, 5.41) is 11.3. The average Bonchev–Trinajstić information content (AvgIpc) is 2.28. The predicted molar refractivity (Wildman–Crippen MR) is 66.4 cm³/mol. The third kappa shape index (κ3) is 8.21. The number of carboxylic acid groups (broad SMARTS) is 1. The summed E-state index contributed by atoms with van der Waals surface area (Å²) in [6, 6.07) is -0.843. The van der Waals surface area contributed by atoms with Crippen LogP contribution in [0.4, 0.5) is 0 Å². The fourth-order valence-corrected chi connectivity index (χ4v) is 1.22. The van der Waals surface area contributed by atoms with Crippen LogP contribution >= 0.6 is 0 Å². The Bertz CT molecular complexity index is 298. The minimum absolute atomic E-state index is 0.399. The lowest BCUT2D eigenvalue weighted by Crippen LogP contribution is -2.39. The van der Waals surface area contributed by atoms with Crippen molar-refractivity contribution >= 4 is 11.9 Å². The van der Waals surface area contributed by atoms with E-state index in [1.54, 1.807) is 18.2 Å². The summed E-state index contributed by atoms with van der Waals surface area (Å²) in [5.74, 6) is -1.42. The number of aliphatic carboxylic acids is 1. The van der Waals surface area contributed by atoms with Gasteiger partial charge in [-0.3, -0.25) is 4.79 Å². The molecule has 0 saturated carbocycles. The molecule has 0 aliphatic rings. The van der Waals surface area contributed by atoms with Crippen molar-refractivity contribution < 1.29 is 14.7 Å². The van der Waals surface area contributed by atoms with E-state index < -0.39 is 17.9 Å². The number of carbonyl (C=O) groups excluding carboxylic acids is 1. The maximum Gasteiger partial charge on any atom is 0.326 e. The van der Waals surface area contributed by atoms with Gasteiger partial charge in [-0.25, -0.2) is 4.79 Å². The number of carboxylic acids is 1. The van der Waals surface area contributed by atoms with E-state index in [2.05, 4.69) is 5.32 Å². The number of hydrogen-bond donors (Lipinski definition) is 3. The van der Waals surface area contributed by atoms with Gasteiger partial charge in [0, 0.05) is 6.08 Å². The SMILES string of the molecule is C/C=C/C=C/C(=O)NC(CCCCN)C(=O)O. The third-order valence-corrected chi connectivity index (χ3v) is 2.11. The molecule has 0 aliphatic carbocycles. The fraction of sp³-hybridized carbons (Fsp3) is 0.500. The van der Waals surface area contributed by atoms with Crippen LogP contribution in [0.2, 0.25) is 0 Å². The lowest BCUT2D eigenvalue weighted by atomic mass is 10.1. The Morgan fingerprint density at radius 2 is 2.06 bits per heavy atom. The Morgan fingerprint density at radius 1 is 1.35 bits per heavy atom. The maximum atomic E-state index is 11.3. The summed E-state index contributed by atoms with van der Waals surface area (Å²) in [6.45, 7) is 2.36. The second-order valence-electron chi connectivity index (χ2n) is 3.57. The quantitative estimate of drug-likeness (QED) is 0.332. The molecule has 0 aliphatic heterocycles. The summed E-state index contributed by atoms with van der Waals surface area (Å²) in [5.41, 5.74) is 5.32.